The summed E-state index contributed by atoms with van der Waals surface area (Å²) in [5.41, 5.74) is 7.01. The normalized spacial score (nSPS) is 12.5. The van der Waals surface area contributed by atoms with Crippen molar-refractivity contribution in [2.75, 3.05) is 33.9 Å². The minimum Gasteiger partial charge on any atom is -0.493 e. The third-order valence-electron chi connectivity index (χ3n) is 3.69. The number of benzene rings is 1. The van der Waals surface area contributed by atoms with Crippen molar-refractivity contribution in [3.05, 3.63) is 23.8 Å². The van der Waals surface area contributed by atoms with Crippen LogP contribution in [0.3, 0.4) is 0 Å². The predicted octanol–water partition coefficient (Wildman–Crippen LogP) is 2.07. The summed E-state index contributed by atoms with van der Waals surface area (Å²) < 4.78 is 10.5. The maximum absolute atomic E-state index is 5.77. The van der Waals surface area contributed by atoms with Crippen LogP contribution < -0.4 is 20.5 Å². The molecule has 4 heteroatoms. The lowest BCUT2D eigenvalue weighted by atomic mass is 9.96. The third-order valence-corrected chi connectivity index (χ3v) is 3.69. The molecule has 0 radical (unpaired) electrons. The zero-order chi connectivity index (χ0) is 15.0. The Morgan fingerprint density at radius 1 is 1.15 bits per heavy atom. The van der Waals surface area contributed by atoms with Crippen LogP contribution in [0.4, 0.5) is 0 Å². The van der Waals surface area contributed by atoms with E-state index in [9.17, 15) is 0 Å². The largest absolute Gasteiger partial charge is 0.493 e. The Kier molecular flexibility index (Phi) is 7.41. The molecule has 1 unspecified atom stereocenters. The zero-order valence-electron chi connectivity index (χ0n) is 13.1. The number of ether oxygens (including phenoxy) is 2. The number of methoxy groups -OCH3 is 2. The molecule has 1 atom stereocenters. The standard InChI is InChI=1S/C16H28N2O2/c1-12(2)14(10-17)11-18-8-7-13-5-6-15(19-3)16(9-13)20-4/h5-6,9,12,14,18H,7-8,10-11,17H2,1-4H3. The molecular formula is C16H28N2O2. The minimum atomic E-state index is 0.542. The molecular weight excluding hydrogens is 252 g/mol. The van der Waals surface area contributed by atoms with Crippen molar-refractivity contribution in [2.45, 2.75) is 20.3 Å². The van der Waals surface area contributed by atoms with Crippen LogP contribution in [0.2, 0.25) is 0 Å². The van der Waals surface area contributed by atoms with Gasteiger partial charge in [-0.3, -0.25) is 0 Å². The van der Waals surface area contributed by atoms with Crippen LogP contribution in [0.15, 0.2) is 18.2 Å². The maximum Gasteiger partial charge on any atom is 0.160 e. The van der Waals surface area contributed by atoms with Crippen LogP contribution in [0.25, 0.3) is 0 Å². The number of hydrogen-bond acceptors (Lipinski definition) is 4. The molecule has 4 nitrogen and oxygen atoms in total. The van der Waals surface area contributed by atoms with Gasteiger partial charge >= 0.3 is 0 Å². The SMILES string of the molecule is COc1ccc(CCNCC(CN)C(C)C)cc1OC. The van der Waals surface area contributed by atoms with Crippen LogP contribution in [0, 0.1) is 11.8 Å². The first-order valence-corrected chi connectivity index (χ1v) is 7.24. The monoisotopic (exact) mass is 280 g/mol. The van der Waals surface area contributed by atoms with Crippen LogP contribution in [0.1, 0.15) is 19.4 Å². The van der Waals surface area contributed by atoms with Gasteiger partial charge in [0.1, 0.15) is 0 Å². The van der Waals surface area contributed by atoms with Gasteiger partial charge in [0, 0.05) is 0 Å². The van der Waals surface area contributed by atoms with Gasteiger partial charge in [-0.2, -0.15) is 0 Å². The van der Waals surface area contributed by atoms with Crippen molar-refractivity contribution in [3.63, 3.8) is 0 Å². The smallest absolute Gasteiger partial charge is 0.160 e. The van der Waals surface area contributed by atoms with Crippen molar-refractivity contribution in [2.24, 2.45) is 17.6 Å². The van der Waals surface area contributed by atoms with E-state index in [1.807, 2.05) is 12.1 Å². The zero-order valence-corrected chi connectivity index (χ0v) is 13.1. The molecule has 3 N–H and O–H groups in total. The van der Waals surface area contributed by atoms with E-state index in [0.29, 0.717) is 11.8 Å². The topological polar surface area (TPSA) is 56.5 Å². The summed E-state index contributed by atoms with van der Waals surface area (Å²) in [4.78, 5) is 0. The summed E-state index contributed by atoms with van der Waals surface area (Å²) in [5, 5.41) is 3.48. The van der Waals surface area contributed by atoms with Crippen LogP contribution in [0.5, 0.6) is 11.5 Å². The lowest BCUT2D eigenvalue weighted by Crippen LogP contribution is -2.32. The van der Waals surface area contributed by atoms with Gasteiger partial charge in [-0.15, -0.1) is 0 Å². The molecule has 0 heterocycles. The quantitative estimate of drug-likeness (QED) is 0.680. The molecule has 20 heavy (non-hydrogen) atoms. The van der Waals surface area contributed by atoms with Gasteiger partial charge in [0.25, 0.3) is 0 Å². The van der Waals surface area contributed by atoms with Crippen molar-refractivity contribution < 1.29 is 9.47 Å². The van der Waals surface area contributed by atoms with Crippen molar-refractivity contribution in [1.29, 1.82) is 0 Å². The molecule has 0 bridgehead atoms. The fourth-order valence-electron chi connectivity index (χ4n) is 2.15. The Labute approximate surface area is 122 Å². The highest BCUT2D eigenvalue weighted by Gasteiger charge is 2.10. The molecule has 1 aromatic carbocycles. The molecule has 0 aliphatic rings. The van der Waals surface area contributed by atoms with Crippen LogP contribution in [-0.2, 0) is 6.42 Å². The van der Waals surface area contributed by atoms with E-state index in [4.69, 9.17) is 15.2 Å². The summed E-state index contributed by atoms with van der Waals surface area (Å²) in [5.74, 6) is 2.72. The number of nitrogens with two attached hydrogens (primary N) is 1. The van der Waals surface area contributed by atoms with Gasteiger partial charge in [-0.1, -0.05) is 19.9 Å². The lowest BCUT2D eigenvalue weighted by molar-refractivity contribution is 0.354. The highest BCUT2D eigenvalue weighted by molar-refractivity contribution is 5.42. The number of nitrogens with one attached hydrogen (secondary N) is 1. The Hall–Kier alpha value is -1.26. The maximum atomic E-state index is 5.77. The molecule has 0 saturated heterocycles. The van der Waals surface area contributed by atoms with E-state index < -0.39 is 0 Å². The summed E-state index contributed by atoms with van der Waals surface area (Å²) in [7, 11) is 3.31. The first-order chi connectivity index (χ1) is 9.62. The number of hydrogen-bond donors (Lipinski definition) is 2. The first-order valence-electron chi connectivity index (χ1n) is 7.24. The van der Waals surface area contributed by atoms with E-state index in [-0.39, 0.29) is 0 Å². The summed E-state index contributed by atoms with van der Waals surface area (Å²) >= 11 is 0. The van der Waals surface area contributed by atoms with Crippen LogP contribution in [-0.4, -0.2) is 33.9 Å². The molecule has 1 aromatic rings. The Morgan fingerprint density at radius 3 is 2.40 bits per heavy atom. The molecule has 1 rings (SSSR count). The van der Waals surface area contributed by atoms with Gasteiger partial charge in [0.15, 0.2) is 11.5 Å². The van der Waals surface area contributed by atoms with Gasteiger partial charge < -0.3 is 20.5 Å². The minimum absolute atomic E-state index is 0.542. The average Bonchev–Trinajstić information content (AvgIpc) is 2.46. The predicted molar refractivity (Wildman–Crippen MR) is 83.5 cm³/mol. The summed E-state index contributed by atoms with van der Waals surface area (Å²) in [6, 6.07) is 6.06. The average molecular weight is 280 g/mol. The van der Waals surface area contributed by atoms with E-state index in [0.717, 1.165) is 37.6 Å². The van der Waals surface area contributed by atoms with E-state index in [2.05, 4.69) is 25.2 Å². The van der Waals surface area contributed by atoms with Gasteiger partial charge in [0.05, 0.1) is 14.2 Å². The van der Waals surface area contributed by atoms with E-state index in [1.165, 1.54) is 5.56 Å². The summed E-state index contributed by atoms with van der Waals surface area (Å²) in [6.45, 7) is 7.09. The van der Waals surface area contributed by atoms with Crippen molar-refractivity contribution in [1.82, 2.24) is 5.32 Å². The highest BCUT2D eigenvalue weighted by atomic mass is 16.5. The molecule has 0 fully saturated rings. The van der Waals surface area contributed by atoms with E-state index >= 15 is 0 Å². The molecule has 0 spiro atoms. The Morgan fingerprint density at radius 2 is 1.85 bits per heavy atom. The van der Waals surface area contributed by atoms with Gasteiger partial charge in [0.2, 0.25) is 0 Å². The first kappa shape index (κ1) is 16.8. The lowest BCUT2D eigenvalue weighted by Gasteiger charge is -2.19. The Bertz CT molecular complexity index is 394. The number of rotatable bonds is 9. The fourth-order valence-corrected chi connectivity index (χ4v) is 2.15. The molecule has 0 saturated carbocycles. The Balaban J connectivity index is 2.42. The molecule has 0 amide bonds. The van der Waals surface area contributed by atoms with Gasteiger partial charge in [-0.05, 0) is 55.6 Å². The second-order valence-corrected chi connectivity index (χ2v) is 5.38. The second kappa shape index (κ2) is 8.82. The van der Waals surface area contributed by atoms with Crippen molar-refractivity contribution in [3.8, 4) is 11.5 Å². The molecule has 0 aliphatic carbocycles. The second-order valence-electron chi connectivity index (χ2n) is 5.38. The van der Waals surface area contributed by atoms with Gasteiger partial charge in [-0.25, -0.2) is 0 Å². The highest BCUT2D eigenvalue weighted by Crippen LogP contribution is 2.27. The fraction of sp³-hybridized carbons (Fsp3) is 0.625. The molecule has 114 valence electrons. The third kappa shape index (κ3) is 5.02. The van der Waals surface area contributed by atoms with E-state index in [1.54, 1.807) is 14.2 Å². The summed E-state index contributed by atoms with van der Waals surface area (Å²) in [6.07, 6.45) is 0.968. The van der Waals surface area contributed by atoms with Crippen molar-refractivity contribution >= 4 is 0 Å². The molecule has 0 aliphatic heterocycles. The van der Waals surface area contributed by atoms with Crippen LogP contribution >= 0.6 is 0 Å². The molecule has 0 aromatic heterocycles.